The summed E-state index contributed by atoms with van der Waals surface area (Å²) in [5.74, 6) is -0.570. The zero-order valence-electron chi connectivity index (χ0n) is 27.6. The predicted molar refractivity (Wildman–Crippen MR) is 174 cm³/mol. The van der Waals surface area contributed by atoms with Gasteiger partial charge in [0.25, 0.3) is 0 Å². The summed E-state index contributed by atoms with van der Waals surface area (Å²) >= 11 is 0. The third-order valence-electron chi connectivity index (χ3n) is 6.14. The average Bonchev–Trinajstić information content (AvgIpc) is 2.91. The molecule has 0 spiro atoms. The monoisotopic (exact) mass is 610 g/mol. The van der Waals surface area contributed by atoms with Crippen molar-refractivity contribution < 1.29 is 28.7 Å². The molecule has 242 valence electrons. The Morgan fingerprint density at radius 2 is 0.909 bits per heavy atom. The van der Waals surface area contributed by atoms with Crippen molar-refractivity contribution in [3.63, 3.8) is 0 Å². The quantitative estimate of drug-likeness (QED) is 0.263. The number of ether oxygens (including phenoxy) is 2. The van der Waals surface area contributed by atoms with Crippen LogP contribution in [0, 0.1) is 0 Å². The van der Waals surface area contributed by atoms with Crippen LogP contribution in [0.5, 0.6) is 0 Å². The molecule has 2 aromatic rings. The van der Waals surface area contributed by atoms with E-state index >= 15 is 0 Å². The van der Waals surface area contributed by atoms with Gasteiger partial charge in [0.15, 0.2) is 0 Å². The first kappa shape index (κ1) is 36.1. The number of nitrogens with one attached hydrogen (secondary N) is 2. The fraction of sp³-hybridized carbons (Fsp3) is 0.529. The first-order chi connectivity index (χ1) is 20.6. The SMILES string of the molecule is CCCN(CC(=O)Nc1ccc(CCc2ccc(NC(=O)CN(CCC)C(=O)OC(C)(C)C)cc2)cc1)C(=O)OC(C)(C)C. The molecule has 10 nitrogen and oxygen atoms in total. The second-order valence-corrected chi connectivity index (χ2v) is 12.8. The number of benzene rings is 2. The molecule has 0 atom stereocenters. The highest BCUT2D eigenvalue weighted by molar-refractivity contribution is 5.94. The van der Waals surface area contributed by atoms with Gasteiger partial charge in [-0.05, 0) is 103 Å². The third kappa shape index (κ3) is 13.9. The molecule has 10 heteroatoms. The summed E-state index contributed by atoms with van der Waals surface area (Å²) in [6.45, 7) is 15.4. The third-order valence-corrected chi connectivity index (χ3v) is 6.14. The van der Waals surface area contributed by atoms with Gasteiger partial charge in [-0.1, -0.05) is 38.1 Å². The van der Waals surface area contributed by atoms with Crippen LogP contribution in [0.15, 0.2) is 48.5 Å². The van der Waals surface area contributed by atoms with E-state index in [4.69, 9.17) is 9.47 Å². The Bertz CT molecular complexity index is 1130. The lowest BCUT2D eigenvalue weighted by Gasteiger charge is -2.26. The van der Waals surface area contributed by atoms with Gasteiger partial charge in [-0.2, -0.15) is 0 Å². The standard InChI is InChI=1S/C34H50N4O6/c1-9-21-37(31(41)43-33(3,4)5)23-29(39)35-27-17-13-25(14-18-27)11-12-26-15-19-28(20-16-26)36-30(40)24-38(22-10-2)32(42)44-34(6,7)8/h13-20H,9-12,21-24H2,1-8H3,(H,35,39)(H,36,40). The van der Waals surface area contributed by atoms with Crippen molar-refractivity contribution in [2.24, 2.45) is 0 Å². The fourth-order valence-corrected chi connectivity index (χ4v) is 4.21. The molecule has 44 heavy (non-hydrogen) atoms. The van der Waals surface area contributed by atoms with Gasteiger partial charge in [0, 0.05) is 24.5 Å². The summed E-state index contributed by atoms with van der Waals surface area (Å²) in [4.78, 5) is 52.9. The maximum Gasteiger partial charge on any atom is 0.410 e. The molecule has 2 rings (SSSR count). The van der Waals surface area contributed by atoms with Crippen molar-refractivity contribution in [2.45, 2.75) is 92.3 Å². The maximum absolute atomic E-state index is 12.6. The van der Waals surface area contributed by atoms with Crippen molar-refractivity contribution in [3.8, 4) is 0 Å². The molecule has 0 bridgehead atoms. The molecule has 0 fully saturated rings. The summed E-state index contributed by atoms with van der Waals surface area (Å²) < 4.78 is 10.8. The number of carbonyl (C=O) groups excluding carboxylic acids is 4. The lowest BCUT2D eigenvalue weighted by atomic mass is 10.0. The Morgan fingerprint density at radius 3 is 1.18 bits per heavy atom. The largest absolute Gasteiger partial charge is 0.444 e. The van der Waals surface area contributed by atoms with Crippen LogP contribution in [0.2, 0.25) is 0 Å². The molecule has 4 amide bonds. The predicted octanol–water partition coefficient (Wildman–Crippen LogP) is 6.64. The summed E-state index contributed by atoms with van der Waals surface area (Å²) in [6, 6.07) is 15.3. The Morgan fingerprint density at radius 1 is 0.591 bits per heavy atom. The van der Waals surface area contributed by atoms with Crippen LogP contribution in [0.3, 0.4) is 0 Å². The van der Waals surface area contributed by atoms with Crippen molar-refractivity contribution >= 4 is 35.4 Å². The van der Waals surface area contributed by atoms with E-state index < -0.39 is 23.4 Å². The molecule has 0 aliphatic rings. The first-order valence-electron chi connectivity index (χ1n) is 15.3. The minimum absolute atomic E-state index is 0.0817. The molecule has 0 heterocycles. The Kier molecular flexibility index (Phi) is 13.7. The molecule has 0 aromatic heterocycles. The molecule has 0 saturated heterocycles. The van der Waals surface area contributed by atoms with E-state index in [1.807, 2.05) is 62.4 Å². The van der Waals surface area contributed by atoms with Gasteiger partial charge >= 0.3 is 12.2 Å². The van der Waals surface area contributed by atoms with E-state index in [0.29, 0.717) is 37.3 Å². The van der Waals surface area contributed by atoms with Crippen LogP contribution >= 0.6 is 0 Å². The van der Waals surface area contributed by atoms with Crippen molar-refractivity contribution in [1.29, 1.82) is 0 Å². The topological polar surface area (TPSA) is 117 Å². The van der Waals surface area contributed by atoms with E-state index in [1.54, 1.807) is 41.5 Å². The van der Waals surface area contributed by atoms with Gasteiger partial charge in [0.2, 0.25) is 11.8 Å². The van der Waals surface area contributed by atoms with Crippen LogP contribution in [-0.4, -0.2) is 71.2 Å². The van der Waals surface area contributed by atoms with E-state index in [2.05, 4.69) is 10.6 Å². The zero-order chi connectivity index (χ0) is 32.9. The van der Waals surface area contributed by atoms with E-state index in [1.165, 1.54) is 9.80 Å². The van der Waals surface area contributed by atoms with Gasteiger partial charge in [-0.25, -0.2) is 9.59 Å². The Balaban J connectivity index is 1.85. The number of amides is 4. The van der Waals surface area contributed by atoms with Crippen LogP contribution in [-0.2, 0) is 31.9 Å². The molecule has 0 aliphatic carbocycles. The highest BCUT2D eigenvalue weighted by atomic mass is 16.6. The molecular weight excluding hydrogens is 560 g/mol. The van der Waals surface area contributed by atoms with E-state index in [-0.39, 0.29) is 24.9 Å². The average molecular weight is 611 g/mol. The van der Waals surface area contributed by atoms with Gasteiger partial charge in [0.1, 0.15) is 24.3 Å². The normalized spacial score (nSPS) is 11.4. The minimum atomic E-state index is -0.631. The molecule has 0 aliphatic heterocycles. The highest BCUT2D eigenvalue weighted by Gasteiger charge is 2.24. The lowest BCUT2D eigenvalue weighted by Crippen LogP contribution is -2.41. The van der Waals surface area contributed by atoms with Gasteiger partial charge in [-0.3, -0.25) is 19.4 Å². The van der Waals surface area contributed by atoms with Crippen LogP contribution in [0.1, 0.15) is 79.4 Å². The van der Waals surface area contributed by atoms with Crippen molar-refractivity contribution in [3.05, 3.63) is 59.7 Å². The molecule has 2 aromatic carbocycles. The highest BCUT2D eigenvalue weighted by Crippen LogP contribution is 2.16. The second kappa shape index (κ2) is 16.7. The second-order valence-electron chi connectivity index (χ2n) is 12.8. The molecule has 0 saturated carbocycles. The number of hydrogen-bond donors (Lipinski definition) is 2. The number of hydrogen-bond acceptors (Lipinski definition) is 6. The van der Waals surface area contributed by atoms with Crippen molar-refractivity contribution in [1.82, 2.24) is 9.80 Å². The summed E-state index contributed by atoms with van der Waals surface area (Å²) in [6.07, 6.45) is 2.02. The van der Waals surface area contributed by atoms with Crippen LogP contribution in [0.4, 0.5) is 21.0 Å². The zero-order valence-corrected chi connectivity index (χ0v) is 27.6. The van der Waals surface area contributed by atoms with Gasteiger partial charge in [0.05, 0.1) is 0 Å². The fourth-order valence-electron chi connectivity index (χ4n) is 4.21. The van der Waals surface area contributed by atoms with Gasteiger partial charge < -0.3 is 20.1 Å². The van der Waals surface area contributed by atoms with Gasteiger partial charge in [-0.15, -0.1) is 0 Å². The van der Waals surface area contributed by atoms with E-state index in [9.17, 15) is 19.2 Å². The molecule has 0 unspecified atom stereocenters. The number of carbonyl (C=O) groups is 4. The van der Waals surface area contributed by atoms with E-state index in [0.717, 1.165) is 24.0 Å². The Hall–Kier alpha value is -4.08. The maximum atomic E-state index is 12.6. The molecule has 0 radical (unpaired) electrons. The number of nitrogens with zero attached hydrogens (tertiary/aromatic N) is 2. The summed E-state index contributed by atoms with van der Waals surface area (Å²) in [7, 11) is 0. The number of aryl methyl sites for hydroxylation is 2. The molecular formula is C34H50N4O6. The minimum Gasteiger partial charge on any atom is -0.444 e. The lowest BCUT2D eigenvalue weighted by molar-refractivity contribution is -0.118. The van der Waals surface area contributed by atoms with Crippen LogP contribution < -0.4 is 10.6 Å². The van der Waals surface area contributed by atoms with Crippen molar-refractivity contribution in [2.75, 3.05) is 36.8 Å². The summed E-state index contributed by atoms with van der Waals surface area (Å²) in [5, 5.41) is 5.71. The summed E-state index contributed by atoms with van der Waals surface area (Å²) in [5.41, 5.74) is 2.27. The first-order valence-corrected chi connectivity index (χ1v) is 15.3. The van der Waals surface area contributed by atoms with Crippen LogP contribution in [0.25, 0.3) is 0 Å². The Labute approximate surface area is 262 Å². The number of anilines is 2. The smallest absolute Gasteiger partial charge is 0.410 e. The molecule has 2 N–H and O–H groups in total. The number of rotatable bonds is 13.